The normalized spacial score (nSPS) is 14.4. The Bertz CT molecular complexity index is 1300. The minimum absolute atomic E-state index is 0.145. The van der Waals surface area contributed by atoms with Crippen molar-refractivity contribution in [2.45, 2.75) is 26.4 Å². The number of carbonyl (C=O) groups excluding carboxylic acids is 2. The van der Waals surface area contributed by atoms with Crippen molar-refractivity contribution in [1.82, 2.24) is 0 Å². The number of carboxylic acid groups (broad SMARTS) is 1. The van der Waals surface area contributed by atoms with Crippen LogP contribution in [-0.4, -0.2) is 49.6 Å². The Balaban J connectivity index is 1.46. The van der Waals surface area contributed by atoms with E-state index >= 15 is 0 Å². The lowest BCUT2D eigenvalue weighted by Gasteiger charge is -2.33. The Kier molecular flexibility index (Phi) is 7.24. The molecule has 4 rings (SSSR count). The highest BCUT2D eigenvalue weighted by molar-refractivity contribution is 6.08. The van der Waals surface area contributed by atoms with Gasteiger partial charge in [0.05, 0.1) is 24.3 Å². The van der Waals surface area contributed by atoms with E-state index in [0.717, 1.165) is 11.4 Å². The maximum Gasteiger partial charge on any atom is 0.307 e. The van der Waals surface area contributed by atoms with Crippen molar-refractivity contribution in [3.63, 3.8) is 0 Å². The number of hydrogen-bond donors (Lipinski definition) is 2. The first-order valence-electron chi connectivity index (χ1n) is 11.6. The third-order valence-electron chi connectivity index (χ3n) is 6.07. The molecule has 1 aliphatic heterocycles. The molecular weight excluding hydrogens is 460 g/mol. The number of aldehydes is 1. The standard InChI is InChI=1S/C28H28N2O6/c1-17-10-21(35-16-22-14-30(3)24-6-4-5-7-25(24)36-22)11-18(2)27(17)28(34)29-23-12-19(13-26(32)33)8-9-20(23)15-31/h4-12,15,22H,13-14,16H2,1-3H3,(H,29,34)(H,32,33)/t22-/m0/s1. The van der Waals surface area contributed by atoms with Crippen molar-refractivity contribution >= 4 is 29.5 Å². The number of fused-ring (bicyclic) bond motifs is 1. The lowest BCUT2D eigenvalue weighted by atomic mass is 10.0. The number of benzene rings is 3. The fourth-order valence-corrected chi connectivity index (χ4v) is 4.42. The van der Waals surface area contributed by atoms with Crippen LogP contribution in [0.3, 0.4) is 0 Å². The Morgan fingerprint density at radius 2 is 1.86 bits per heavy atom. The molecule has 8 heteroatoms. The molecule has 0 unspecified atom stereocenters. The summed E-state index contributed by atoms with van der Waals surface area (Å²) in [4.78, 5) is 37.7. The summed E-state index contributed by atoms with van der Waals surface area (Å²) in [5.41, 5.74) is 3.96. The first-order chi connectivity index (χ1) is 17.2. The number of likely N-dealkylation sites (N-methyl/N-ethyl adjacent to an activating group) is 1. The van der Waals surface area contributed by atoms with E-state index in [-0.39, 0.29) is 29.7 Å². The van der Waals surface area contributed by atoms with Crippen LogP contribution < -0.4 is 19.7 Å². The van der Waals surface area contributed by atoms with Gasteiger partial charge in [0.15, 0.2) is 6.29 Å². The summed E-state index contributed by atoms with van der Waals surface area (Å²) >= 11 is 0. The summed E-state index contributed by atoms with van der Waals surface area (Å²) in [5.74, 6) is 0.0638. The van der Waals surface area contributed by atoms with E-state index in [1.807, 2.05) is 45.2 Å². The number of hydrogen-bond acceptors (Lipinski definition) is 6. The highest BCUT2D eigenvalue weighted by Gasteiger charge is 2.24. The van der Waals surface area contributed by atoms with E-state index < -0.39 is 5.97 Å². The van der Waals surface area contributed by atoms with Gasteiger partial charge in [-0.15, -0.1) is 0 Å². The van der Waals surface area contributed by atoms with E-state index in [1.54, 1.807) is 18.2 Å². The predicted molar refractivity (Wildman–Crippen MR) is 137 cm³/mol. The largest absolute Gasteiger partial charge is 0.490 e. The number of amides is 1. The number of aliphatic carboxylic acids is 1. The molecule has 0 aromatic heterocycles. The molecule has 1 amide bonds. The number of para-hydroxylation sites is 2. The molecule has 0 bridgehead atoms. The van der Waals surface area contributed by atoms with E-state index in [9.17, 15) is 14.4 Å². The molecule has 0 saturated heterocycles. The fourth-order valence-electron chi connectivity index (χ4n) is 4.42. The summed E-state index contributed by atoms with van der Waals surface area (Å²) in [6.07, 6.45) is 0.270. The number of ether oxygens (including phenoxy) is 2. The monoisotopic (exact) mass is 488 g/mol. The molecule has 2 N–H and O–H groups in total. The Morgan fingerprint density at radius 3 is 2.56 bits per heavy atom. The van der Waals surface area contributed by atoms with Crippen molar-refractivity contribution in [2.24, 2.45) is 0 Å². The quantitative estimate of drug-likeness (QED) is 0.456. The first kappa shape index (κ1) is 24.8. The van der Waals surface area contributed by atoms with Crippen LogP contribution in [0.25, 0.3) is 0 Å². The zero-order valence-electron chi connectivity index (χ0n) is 20.4. The van der Waals surface area contributed by atoms with Gasteiger partial charge in [-0.1, -0.05) is 18.2 Å². The highest BCUT2D eigenvalue weighted by atomic mass is 16.5. The third kappa shape index (κ3) is 5.49. The molecule has 0 aliphatic carbocycles. The summed E-state index contributed by atoms with van der Waals surface area (Å²) in [6.45, 7) is 4.67. The van der Waals surface area contributed by atoms with Gasteiger partial charge in [-0.25, -0.2) is 0 Å². The van der Waals surface area contributed by atoms with Crippen LogP contribution in [0.4, 0.5) is 11.4 Å². The number of carbonyl (C=O) groups is 3. The smallest absolute Gasteiger partial charge is 0.307 e. The predicted octanol–water partition coefficient (Wildman–Crippen LogP) is 4.27. The van der Waals surface area contributed by atoms with E-state index in [2.05, 4.69) is 10.2 Å². The van der Waals surface area contributed by atoms with E-state index in [1.165, 1.54) is 12.1 Å². The molecule has 1 aliphatic rings. The summed E-state index contributed by atoms with van der Waals surface area (Å²) in [6, 6.07) is 16.0. The van der Waals surface area contributed by atoms with Gasteiger partial charge in [-0.05, 0) is 66.9 Å². The second kappa shape index (κ2) is 10.5. The average Bonchev–Trinajstić information content (AvgIpc) is 2.82. The SMILES string of the molecule is Cc1cc(OC[C@@H]2CN(C)c3ccccc3O2)cc(C)c1C(=O)Nc1cc(CC(=O)O)ccc1C=O. The summed E-state index contributed by atoms with van der Waals surface area (Å²) in [7, 11) is 2.02. The number of nitrogens with one attached hydrogen (secondary N) is 1. The van der Waals surface area contributed by atoms with Crippen LogP contribution in [-0.2, 0) is 11.2 Å². The maximum absolute atomic E-state index is 13.1. The van der Waals surface area contributed by atoms with Crippen molar-refractivity contribution in [1.29, 1.82) is 0 Å². The molecule has 8 nitrogen and oxygen atoms in total. The van der Waals surface area contributed by atoms with Crippen LogP contribution in [0, 0.1) is 13.8 Å². The van der Waals surface area contributed by atoms with Crippen LogP contribution in [0.5, 0.6) is 11.5 Å². The van der Waals surface area contributed by atoms with Crippen molar-refractivity contribution in [3.05, 3.63) is 82.4 Å². The third-order valence-corrected chi connectivity index (χ3v) is 6.07. The number of aryl methyl sites for hydroxylation is 2. The van der Waals surface area contributed by atoms with Crippen LogP contribution in [0.15, 0.2) is 54.6 Å². The molecule has 186 valence electrons. The van der Waals surface area contributed by atoms with Gasteiger partial charge >= 0.3 is 5.97 Å². The van der Waals surface area contributed by atoms with Crippen LogP contribution in [0.1, 0.15) is 37.4 Å². The Labute approximate surface area is 209 Å². The molecule has 0 spiro atoms. The number of carboxylic acids is 1. The van der Waals surface area contributed by atoms with Crippen molar-refractivity contribution in [3.8, 4) is 11.5 Å². The molecule has 1 heterocycles. The second-order valence-electron chi connectivity index (χ2n) is 8.90. The van der Waals surface area contributed by atoms with Gasteiger partial charge in [0.25, 0.3) is 5.91 Å². The zero-order chi connectivity index (χ0) is 25.8. The number of rotatable bonds is 8. The van der Waals surface area contributed by atoms with Gasteiger partial charge in [0.2, 0.25) is 0 Å². The Morgan fingerprint density at radius 1 is 1.14 bits per heavy atom. The summed E-state index contributed by atoms with van der Waals surface area (Å²) < 4.78 is 12.1. The van der Waals surface area contributed by atoms with Gasteiger partial charge < -0.3 is 24.8 Å². The van der Waals surface area contributed by atoms with E-state index in [0.29, 0.717) is 47.4 Å². The highest BCUT2D eigenvalue weighted by Crippen LogP contribution is 2.32. The number of nitrogens with zero attached hydrogens (tertiary/aromatic N) is 1. The zero-order valence-corrected chi connectivity index (χ0v) is 20.4. The second-order valence-corrected chi connectivity index (χ2v) is 8.90. The molecular formula is C28H28N2O6. The molecule has 0 fully saturated rings. The van der Waals surface area contributed by atoms with Crippen molar-refractivity contribution in [2.75, 3.05) is 30.4 Å². The minimum Gasteiger partial charge on any atom is -0.490 e. The topological polar surface area (TPSA) is 105 Å². The maximum atomic E-state index is 13.1. The molecule has 0 radical (unpaired) electrons. The molecule has 3 aromatic rings. The van der Waals surface area contributed by atoms with Crippen LogP contribution >= 0.6 is 0 Å². The fraction of sp³-hybridized carbons (Fsp3) is 0.250. The van der Waals surface area contributed by atoms with Crippen LogP contribution in [0.2, 0.25) is 0 Å². The molecule has 3 aromatic carbocycles. The average molecular weight is 489 g/mol. The lowest BCUT2D eigenvalue weighted by Crippen LogP contribution is -2.41. The van der Waals surface area contributed by atoms with Gasteiger partial charge in [-0.3, -0.25) is 14.4 Å². The minimum atomic E-state index is -0.997. The van der Waals surface area contributed by atoms with Gasteiger partial charge in [0, 0.05) is 18.2 Å². The number of anilines is 2. The van der Waals surface area contributed by atoms with E-state index in [4.69, 9.17) is 14.6 Å². The molecule has 0 saturated carbocycles. The first-order valence-corrected chi connectivity index (χ1v) is 11.6. The van der Waals surface area contributed by atoms with Gasteiger partial charge in [-0.2, -0.15) is 0 Å². The lowest BCUT2D eigenvalue weighted by molar-refractivity contribution is -0.136. The molecule has 1 atom stereocenters. The van der Waals surface area contributed by atoms with Crippen molar-refractivity contribution < 1.29 is 29.0 Å². The molecule has 36 heavy (non-hydrogen) atoms. The van der Waals surface area contributed by atoms with Gasteiger partial charge in [0.1, 0.15) is 24.2 Å². The Hall–Kier alpha value is -4.33. The summed E-state index contributed by atoms with van der Waals surface area (Å²) in [5, 5.41) is 11.8.